The summed E-state index contributed by atoms with van der Waals surface area (Å²) in [5.41, 5.74) is 0. The Morgan fingerprint density at radius 3 is 1.95 bits per heavy atom. The van der Waals surface area contributed by atoms with Crippen molar-refractivity contribution in [3.8, 4) is 5.75 Å². The molecule has 0 fully saturated rings. The maximum atomic E-state index is 8.49. The van der Waals surface area contributed by atoms with Crippen LogP contribution in [0.3, 0.4) is 0 Å². The van der Waals surface area contributed by atoms with Crippen LogP contribution in [0, 0.1) is 10.2 Å². The van der Waals surface area contributed by atoms with Gasteiger partial charge in [-0.15, -0.1) is 10.2 Å². The fourth-order valence-corrected chi connectivity index (χ4v) is 1.48. The molecule has 0 radical (unpaired) electrons. The molecular formula is C14H24ClNO6. The van der Waals surface area contributed by atoms with Gasteiger partial charge in [-0.25, -0.2) is 18.6 Å². The second-order valence-electron chi connectivity index (χ2n) is 5.52. The van der Waals surface area contributed by atoms with E-state index < -0.39 is 10.2 Å². The van der Waals surface area contributed by atoms with E-state index in [1.807, 2.05) is 30.3 Å². The summed E-state index contributed by atoms with van der Waals surface area (Å²) in [5.74, 6) is 0.905. The molecule has 0 amide bonds. The molecule has 8 heteroatoms. The van der Waals surface area contributed by atoms with Gasteiger partial charge in [0.2, 0.25) is 0 Å². The highest BCUT2D eigenvalue weighted by Crippen LogP contribution is 2.07. The van der Waals surface area contributed by atoms with E-state index in [0.29, 0.717) is 13.2 Å². The Kier molecular flexibility index (Phi) is 10.3. The maximum absolute atomic E-state index is 8.49. The minimum absolute atomic E-state index is 0.619. The highest BCUT2D eigenvalue weighted by Gasteiger charge is 2.05. The zero-order chi connectivity index (χ0) is 17.1. The lowest BCUT2D eigenvalue weighted by Crippen LogP contribution is -2.68. The lowest BCUT2D eigenvalue weighted by atomic mass is 10.3. The van der Waals surface area contributed by atoms with Crippen molar-refractivity contribution < 1.29 is 42.8 Å². The summed E-state index contributed by atoms with van der Waals surface area (Å²) in [6.07, 6.45) is 1.09. The zero-order valence-corrected chi connectivity index (χ0v) is 14.0. The normalized spacial score (nSPS) is 11.6. The van der Waals surface area contributed by atoms with Gasteiger partial charge >= 0.3 is 0 Å². The van der Waals surface area contributed by atoms with E-state index in [1.165, 1.54) is 0 Å². The summed E-state index contributed by atoms with van der Waals surface area (Å²) in [7, 11) is 1.63. The summed E-state index contributed by atoms with van der Waals surface area (Å²) < 4.78 is 46.0. The number of rotatable bonds is 8. The molecule has 0 bridgehead atoms. The van der Waals surface area contributed by atoms with Crippen LogP contribution in [0.15, 0.2) is 30.3 Å². The summed E-state index contributed by atoms with van der Waals surface area (Å²) in [6.45, 7) is 3.23. The number of quaternary nitrogens is 1. The Balaban J connectivity index is 0.000000763. The monoisotopic (exact) mass is 337 g/mol. The fraction of sp³-hybridized carbons (Fsp3) is 0.571. The molecule has 22 heavy (non-hydrogen) atoms. The largest absolute Gasteiger partial charge is 0.491 e. The van der Waals surface area contributed by atoms with Crippen LogP contribution in [-0.4, -0.2) is 52.0 Å². The molecule has 1 aromatic rings. The van der Waals surface area contributed by atoms with E-state index in [0.717, 1.165) is 29.8 Å². The molecule has 128 valence electrons. The molecule has 0 atom stereocenters. The summed E-state index contributed by atoms with van der Waals surface area (Å²) in [5, 5.41) is 0. The third-order valence-electron chi connectivity index (χ3n) is 2.36. The minimum Gasteiger partial charge on any atom is -0.491 e. The number of halogens is 1. The Morgan fingerprint density at radius 1 is 0.909 bits per heavy atom. The average molecular weight is 338 g/mol. The molecular weight excluding hydrogens is 314 g/mol. The van der Waals surface area contributed by atoms with E-state index in [1.54, 1.807) is 0 Å². The minimum atomic E-state index is -4.94. The van der Waals surface area contributed by atoms with Crippen LogP contribution >= 0.6 is 0 Å². The van der Waals surface area contributed by atoms with Crippen LogP contribution in [-0.2, 0) is 4.74 Å². The first kappa shape index (κ1) is 21.1. The molecule has 0 spiro atoms. The van der Waals surface area contributed by atoms with E-state index in [9.17, 15) is 0 Å². The Bertz CT molecular complexity index is 371. The summed E-state index contributed by atoms with van der Waals surface area (Å²) >= 11 is 0. The molecule has 0 saturated heterocycles. The van der Waals surface area contributed by atoms with Gasteiger partial charge < -0.3 is 14.0 Å². The molecule has 0 aliphatic rings. The zero-order valence-electron chi connectivity index (χ0n) is 13.2. The SMILES string of the molecule is C[N+](C)(C)CCCOCCOc1ccccc1.[O-][Cl+3]([O-])([O-])[O-]. The second-order valence-corrected chi connectivity index (χ2v) is 6.28. The van der Waals surface area contributed by atoms with E-state index >= 15 is 0 Å². The van der Waals surface area contributed by atoms with Crippen molar-refractivity contribution in [1.82, 2.24) is 0 Å². The molecule has 0 unspecified atom stereocenters. The standard InChI is InChI=1S/C14H24NO2.ClHO4/c1-15(2,3)10-7-11-16-12-13-17-14-8-5-4-6-9-14;2-1(3,4)5/h4-6,8-9H,7,10-13H2,1-3H3;(H,2,3,4,5)/q+1;/p-1. The first-order valence-corrected chi connectivity index (χ1v) is 7.99. The van der Waals surface area contributed by atoms with Gasteiger partial charge in [-0.3, -0.25) is 0 Å². The summed E-state index contributed by atoms with van der Waals surface area (Å²) in [6, 6.07) is 9.83. The first-order valence-electron chi connectivity index (χ1n) is 6.76. The van der Waals surface area contributed by atoms with Crippen LogP contribution in [0.25, 0.3) is 0 Å². The average Bonchev–Trinajstić information content (AvgIpc) is 2.35. The quantitative estimate of drug-likeness (QED) is 0.380. The van der Waals surface area contributed by atoms with Crippen LogP contribution in [0.4, 0.5) is 0 Å². The topological polar surface area (TPSA) is 111 Å². The number of benzene rings is 1. The lowest BCUT2D eigenvalue weighted by molar-refractivity contribution is -2.00. The molecule has 0 aromatic heterocycles. The van der Waals surface area contributed by atoms with Crippen molar-refractivity contribution in [1.29, 1.82) is 0 Å². The number of nitrogens with zero attached hydrogens (tertiary/aromatic N) is 1. The second kappa shape index (κ2) is 10.7. The van der Waals surface area contributed by atoms with Gasteiger partial charge in [0.15, 0.2) is 0 Å². The molecule has 0 saturated carbocycles. The number of hydrogen-bond donors (Lipinski definition) is 0. The van der Waals surface area contributed by atoms with Gasteiger partial charge in [0, 0.05) is 6.42 Å². The Labute approximate surface area is 133 Å². The van der Waals surface area contributed by atoms with Crippen molar-refractivity contribution in [2.75, 3.05) is 47.5 Å². The molecule has 7 nitrogen and oxygen atoms in total. The van der Waals surface area contributed by atoms with Crippen LogP contribution in [0.5, 0.6) is 5.75 Å². The fourth-order valence-electron chi connectivity index (χ4n) is 1.48. The highest BCUT2D eigenvalue weighted by atomic mass is 35.7. The number of ether oxygens (including phenoxy) is 2. The third kappa shape index (κ3) is 19.1. The maximum Gasteiger partial charge on any atom is 0.119 e. The highest BCUT2D eigenvalue weighted by molar-refractivity contribution is 5.20. The predicted molar refractivity (Wildman–Crippen MR) is 70.3 cm³/mol. The smallest absolute Gasteiger partial charge is 0.119 e. The van der Waals surface area contributed by atoms with Crippen molar-refractivity contribution in [2.45, 2.75) is 6.42 Å². The van der Waals surface area contributed by atoms with Crippen molar-refractivity contribution in [2.24, 2.45) is 0 Å². The van der Waals surface area contributed by atoms with Crippen molar-refractivity contribution >= 4 is 0 Å². The van der Waals surface area contributed by atoms with Crippen molar-refractivity contribution in [3.05, 3.63) is 30.3 Å². The van der Waals surface area contributed by atoms with Gasteiger partial charge in [0.05, 0.1) is 40.9 Å². The van der Waals surface area contributed by atoms with Gasteiger partial charge in [-0.1, -0.05) is 18.2 Å². The third-order valence-corrected chi connectivity index (χ3v) is 2.36. The molecule has 0 N–H and O–H groups in total. The Morgan fingerprint density at radius 2 is 1.45 bits per heavy atom. The lowest BCUT2D eigenvalue weighted by Gasteiger charge is -2.23. The van der Waals surface area contributed by atoms with Gasteiger partial charge in [-0.05, 0) is 12.1 Å². The van der Waals surface area contributed by atoms with E-state index in [4.69, 9.17) is 28.1 Å². The van der Waals surface area contributed by atoms with Crippen LogP contribution in [0.2, 0.25) is 0 Å². The molecule has 0 aliphatic carbocycles. The van der Waals surface area contributed by atoms with Gasteiger partial charge in [0.25, 0.3) is 0 Å². The van der Waals surface area contributed by atoms with E-state index in [-0.39, 0.29) is 0 Å². The molecule has 0 heterocycles. The van der Waals surface area contributed by atoms with Gasteiger partial charge in [0.1, 0.15) is 12.4 Å². The van der Waals surface area contributed by atoms with Crippen LogP contribution < -0.4 is 23.4 Å². The summed E-state index contributed by atoms with van der Waals surface area (Å²) in [4.78, 5) is 0. The molecule has 1 aromatic carbocycles. The van der Waals surface area contributed by atoms with Crippen molar-refractivity contribution in [3.63, 3.8) is 0 Å². The Hall–Kier alpha value is -0.930. The van der Waals surface area contributed by atoms with E-state index in [2.05, 4.69) is 21.1 Å². The van der Waals surface area contributed by atoms with Crippen LogP contribution in [0.1, 0.15) is 6.42 Å². The number of hydrogen-bond acceptors (Lipinski definition) is 6. The predicted octanol–water partition coefficient (Wildman–Crippen LogP) is -2.58. The molecule has 1 rings (SSSR count). The van der Waals surface area contributed by atoms with Gasteiger partial charge in [-0.2, -0.15) is 0 Å². The number of para-hydroxylation sites is 1. The first-order chi connectivity index (χ1) is 10.1. The molecule has 0 aliphatic heterocycles.